The molecule has 1 saturated heterocycles. The molecule has 3 heterocycles. The number of fused-ring (bicyclic) bond motifs is 1. The van der Waals surface area contributed by atoms with E-state index in [0.717, 1.165) is 5.69 Å². The van der Waals surface area contributed by atoms with Gasteiger partial charge in [-0.25, -0.2) is 14.6 Å². The fourth-order valence-corrected chi connectivity index (χ4v) is 2.97. The second-order valence-corrected chi connectivity index (χ2v) is 7.41. The number of carbonyl (C=O) groups excluding carboxylic acids is 1. The molecule has 1 fully saturated rings. The Labute approximate surface area is 150 Å². The molecule has 1 amide bonds. The van der Waals surface area contributed by atoms with Gasteiger partial charge < -0.3 is 20.1 Å². The number of amides is 1. The van der Waals surface area contributed by atoms with Crippen molar-refractivity contribution in [3.05, 3.63) is 18.1 Å². The first-order valence-corrected chi connectivity index (χ1v) is 8.27. The predicted molar refractivity (Wildman–Crippen MR) is 92.1 cm³/mol. The highest BCUT2D eigenvalue weighted by molar-refractivity contribution is 5.86. The average molecular weight is 362 g/mol. The molecule has 0 aliphatic carbocycles. The molecule has 1 atom stereocenters. The monoisotopic (exact) mass is 362 g/mol. The van der Waals surface area contributed by atoms with Gasteiger partial charge in [-0.05, 0) is 27.7 Å². The number of aromatic nitrogens is 4. The Hall–Kier alpha value is -2.91. The number of nitrogens with zero attached hydrogens (tertiary/aromatic N) is 5. The number of ether oxygens (including phenoxy) is 1. The van der Waals surface area contributed by atoms with Gasteiger partial charge in [0.25, 0.3) is 5.78 Å². The van der Waals surface area contributed by atoms with Crippen LogP contribution in [0.2, 0.25) is 0 Å². The first kappa shape index (κ1) is 17.9. The number of rotatable bonds is 3. The predicted octanol–water partition coefficient (Wildman–Crippen LogP) is 0.991. The molecule has 10 nitrogen and oxygen atoms in total. The summed E-state index contributed by atoms with van der Waals surface area (Å²) in [7, 11) is 0. The zero-order chi connectivity index (χ0) is 19.1. The minimum absolute atomic E-state index is 0.0833. The number of aliphatic carboxylic acids is 1. The topological polar surface area (TPSA) is 122 Å². The molecule has 0 spiro atoms. The van der Waals surface area contributed by atoms with Gasteiger partial charge in [0.1, 0.15) is 17.7 Å². The molecule has 1 aliphatic rings. The molecule has 10 heteroatoms. The summed E-state index contributed by atoms with van der Waals surface area (Å²) in [5.74, 6) is 0.0125. The summed E-state index contributed by atoms with van der Waals surface area (Å²) >= 11 is 0. The molecule has 0 radical (unpaired) electrons. The van der Waals surface area contributed by atoms with E-state index in [9.17, 15) is 14.7 Å². The van der Waals surface area contributed by atoms with Crippen LogP contribution in [0, 0.1) is 6.92 Å². The summed E-state index contributed by atoms with van der Waals surface area (Å²) in [5.41, 5.74) is -1.41. The van der Waals surface area contributed by atoms with E-state index in [-0.39, 0.29) is 13.0 Å². The molecule has 0 bridgehead atoms. The van der Waals surface area contributed by atoms with E-state index in [1.165, 1.54) is 6.33 Å². The van der Waals surface area contributed by atoms with Crippen LogP contribution in [0.1, 0.15) is 32.9 Å². The Bertz CT molecular complexity index is 858. The van der Waals surface area contributed by atoms with E-state index in [2.05, 4.69) is 20.4 Å². The van der Waals surface area contributed by atoms with Gasteiger partial charge in [-0.3, -0.25) is 0 Å². The van der Waals surface area contributed by atoms with Crippen LogP contribution in [0.25, 0.3) is 5.78 Å². The summed E-state index contributed by atoms with van der Waals surface area (Å²) in [6, 6.07) is 1.81. The molecule has 0 saturated carbocycles. The van der Waals surface area contributed by atoms with E-state index in [0.29, 0.717) is 18.1 Å². The zero-order valence-electron chi connectivity index (χ0n) is 15.2. The third-order valence-electron chi connectivity index (χ3n) is 4.10. The highest BCUT2D eigenvalue weighted by Gasteiger charge is 2.47. The Morgan fingerprint density at radius 1 is 1.38 bits per heavy atom. The molecule has 140 valence electrons. The maximum atomic E-state index is 12.1. The number of hydrogen-bond acceptors (Lipinski definition) is 7. The summed E-state index contributed by atoms with van der Waals surface area (Å²) in [6.45, 7) is 7.52. The fourth-order valence-electron chi connectivity index (χ4n) is 2.97. The molecule has 26 heavy (non-hydrogen) atoms. The van der Waals surface area contributed by atoms with E-state index in [1.807, 2.05) is 17.9 Å². The minimum Gasteiger partial charge on any atom is -0.479 e. The summed E-state index contributed by atoms with van der Waals surface area (Å²) in [5, 5.41) is 16.4. The van der Waals surface area contributed by atoms with Crippen molar-refractivity contribution < 1.29 is 19.4 Å². The molecule has 3 rings (SSSR count). The lowest BCUT2D eigenvalue weighted by Crippen LogP contribution is -2.57. The fraction of sp³-hybridized carbons (Fsp3) is 0.562. The van der Waals surface area contributed by atoms with Crippen LogP contribution in [0.5, 0.6) is 0 Å². The first-order valence-electron chi connectivity index (χ1n) is 8.27. The molecule has 1 unspecified atom stereocenters. The number of aryl methyl sites for hydroxylation is 1. The lowest BCUT2D eigenvalue weighted by Gasteiger charge is -2.28. The highest BCUT2D eigenvalue weighted by atomic mass is 16.6. The van der Waals surface area contributed by atoms with Crippen LogP contribution >= 0.6 is 0 Å². The molecular weight excluding hydrogens is 340 g/mol. The lowest BCUT2D eigenvalue weighted by atomic mass is 9.99. The first-order chi connectivity index (χ1) is 12.1. The Balaban J connectivity index is 1.86. The molecule has 2 aromatic rings. The highest BCUT2D eigenvalue weighted by Crippen LogP contribution is 2.28. The van der Waals surface area contributed by atoms with Crippen LogP contribution in [0.15, 0.2) is 12.4 Å². The van der Waals surface area contributed by atoms with Gasteiger partial charge in [0.05, 0.1) is 6.54 Å². The van der Waals surface area contributed by atoms with Crippen LogP contribution in [-0.2, 0) is 9.53 Å². The van der Waals surface area contributed by atoms with Crippen LogP contribution in [0.4, 0.5) is 10.6 Å². The Morgan fingerprint density at radius 2 is 2.12 bits per heavy atom. The summed E-state index contributed by atoms with van der Waals surface area (Å²) in [4.78, 5) is 34.3. The molecule has 2 aromatic heterocycles. The van der Waals surface area contributed by atoms with Gasteiger partial charge in [0, 0.05) is 24.7 Å². The maximum Gasteiger partial charge on any atom is 0.408 e. The number of nitrogens with one attached hydrogen (secondary N) is 1. The van der Waals surface area contributed by atoms with Crippen molar-refractivity contribution in [2.75, 3.05) is 18.0 Å². The van der Waals surface area contributed by atoms with Gasteiger partial charge in [-0.2, -0.15) is 14.6 Å². The largest absolute Gasteiger partial charge is 0.479 e. The Kier molecular flexibility index (Phi) is 4.21. The zero-order valence-corrected chi connectivity index (χ0v) is 15.2. The smallest absolute Gasteiger partial charge is 0.408 e. The van der Waals surface area contributed by atoms with Crippen molar-refractivity contribution in [1.82, 2.24) is 24.9 Å². The quantitative estimate of drug-likeness (QED) is 0.829. The van der Waals surface area contributed by atoms with Crippen molar-refractivity contribution >= 4 is 23.7 Å². The number of alkyl carbamates (subject to hydrolysis) is 1. The van der Waals surface area contributed by atoms with E-state index < -0.39 is 23.2 Å². The number of carboxylic acid groups (broad SMARTS) is 1. The van der Waals surface area contributed by atoms with Gasteiger partial charge in [-0.1, -0.05) is 0 Å². The molecule has 2 N–H and O–H groups in total. The number of carboxylic acids is 1. The van der Waals surface area contributed by atoms with Crippen molar-refractivity contribution in [2.24, 2.45) is 0 Å². The second-order valence-electron chi connectivity index (χ2n) is 7.41. The lowest BCUT2D eigenvalue weighted by molar-refractivity contribution is -0.143. The van der Waals surface area contributed by atoms with Gasteiger partial charge in [0.2, 0.25) is 0 Å². The van der Waals surface area contributed by atoms with E-state index >= 15 is 0 Å². The van der Waals surface area contributed by atoms with Crippen molar-refractivity contribution in [1.29, 1.82) is 0 Å². The van der Waals surface area contributed by atoms with Gasteiger partial charge in [-0.15, -0.1) is 0 Å². The van der Waals surface area contributed by atoms with Gasteiger partial charge >= 0.3 is 12.1 Å². The average Bonchev–Trinajstić information content (AvgIpc) is 3.11. The third kappa shape index (κ3) is 3.39. The standard InChI is InChI=1S/C16H22N6O4/c1-10-7-11(22-13(19-10)17-9-18-22)21-6-5-16(8-21,12(23)24)20-14(25)26-15(2,3)4/h7,9H,5-6,8H2,1-4H3,(H,20,25)(H,23,24). The molecule has 0 aromatic carbocycles. The summed E-state index contributed by atoms with van der Waals surface area (Å²) in [6.07, 6.45) is 0.878. The third-order valence-corrected chi connectivity index (χ3v) is 4.10. The van der Waals surface area contributed by atoms with Crippen molar-refractivity contribution in [2.45, 2.75) is 45.3 Å². The SMILES string of the molecule is Cc1cc(N2CCC(NC(=O)OC(C)(C)C)(C(=O)O)C2)n2ncnc2n1. The number of anilines is 1. The van der Waals surface area contributed by atoms with Crippen molar-refractivity contribution in [3.8, 4) is 0 Å². The molecule has 1 aliphatic heterocycles. The molecular formula is C16H22N6O4. The van der Waals surface area contributed by atoms with E-state index in [4.69, 9.17) is 4.74 Å². The van der Waals surface area contributed by atoms with Crippen LogP contribution < -0.4 is 10.2 Å². The minimum atomic E-state index is -1.44. The van der Waals surface area contributed by atoms with Crippen LogP contribution in [0.3, 0.4) is 0 Å². The Morgan fingerprint density at radius 3 is 2.77 bits per heavy atom. The second kappa shape index (κ2) is 6.11. The number of hydrogen-bond donors (Lipinski definition) is 2. The maximum absolute atomic E-state index is 12.1. The number of carbonyl (C=O) groups is 2. The van der Waals surface area contributed by atoms with Crippen LogP contribution in [-0.4, -0.2) is 61.0 Å². The van der Waals surface area contributed by atoms with E-state index in [1.54, 1.807) is 25.3 Å². The van der Waals surface area contributed by atoms with Crippen molar-refractivity contribution in [3.63, 3.8) is 0 Å². The summed E-state index contributed by atoms with van der Waals surface area (Å²) < 4.78 is 6.78. The normalized spacial score (nSPS) is 20.4. The van der Waals surface area contributed by atoms with Gasteiger partial charge in [0.15, 0.2) is 5.54 Å².